The lowest BCUT2D eigenvalue weighted by Gasteiger charge is -2.01. The monoisotopic (exact) mass is 311 g/mol. The van der Waals surface area contributed by atoms with Gasteiger partial charge in [0, 0.05) is 16.8 Å². The molecule has 0 radical (unpaired) electrons. The SMILES string of the molecule is C=C1C=C(Bc2ccccc2)C/C1=C\c1c[nH]c2c1=CCCCC=2. The van der Waals surface area contributed by atoms with Gasteiger partial charge >= 0.3 is 0 Å². The van der Waals surface area contributed by atoms with Crippen molar-refractivity contribution in [2.24, 2.45) is 0 Å². The number of allylic oxidation sites excluding steroid dienone is 4. The Morgan fingerprint density at radius 3 is 2.79 bits per heavy atom. The molecule has 2 aliphatic rings. The fourth-order valence-electron chi connectivity index (χ4n) is 3.64. The highest BCUT2D eigenvalue weighted by Crippen LogP contribution is 2.28. The second kappa shape index (κ2) is 6.56. The standard InChI is InChI=1S/C22H22BN/c1-16-12-20(23-19-8-4-2-5-9-19)14-17(16)13-18-15-24-22-11-7-3-6-10-21(18)22/h2,4-5,8-13,15,23-24H,1,3,6-7,14H2/b17-13+. The highest BCUT2D eigenvalue weighted by molar-refractivity contribution is 6.61. The molecule has 2 aromatic rings. The van der Waals surface area contributed by atoms with Crippen LogP contribution in [0, 0.1) is 0 Å². The van der Waals surface area contributed by atoms with Crippen LogP contribution in [0.25, 0.3) is 18.2 Å². The number of rotatable bonds is 3. The minimum atomic E-state index is 1.01. The number of aromatic amines is 1. The predicted molar refractivity (Wildman–Crippen MR) is 106 cm³/mol. The zero-order valence-corrected chi connectivity index (χ0v) is 14.0. The van der Waals surface area contributed by atoms with E-state index in [9.17, 15) is 0 Å². The van der Waals surface area contributed by atoms with Gasteiger partial charge in [0.05, 0.1) is 0 Å². The summed E-state index contributed by atoms with van der Waals surface area (Å²) >= 11 is 0. The number of fused-ring (bicyclic) bond motifs is 1. The first-order chi connectivity index (χ1) is 11.8. The minimum Gasteiger partial charge on any atom is -0.361 e. The summed E-state index contributed by atoms with van der Waals surface area (Å²) in [4.78, 5) is 3.43. The van der Waals surface area contributed by atoms with E-state index in [4.69, 9.17) is 0 Å². The Bertz CT molecular complexity index is 942. The van der Waals surface area contributed by atoms with Crippen LogP contribution in [-0.4, -0.2) is 12.3 Å². The van der Waals surface area contributed by atoms with Gasteiger partial charge in [0.25, 0.3) is 0 Å². The van der Waals surface area contributed by atoms with E-state index in [2.05, 4.69) is 72.4 Å². The van der Waals surface area contributed by atoms with E-state index >= 15 is 0 Å². The summed E-state index contributed by atoms with van der Waals surface area (Å²) in [6, 6.07) is 10.7. The Morgan fingerprint density at radius 2 is 1.92 bits per heavy atom. The van der Waals surface area contributed by atoms with Gasteiger partial charge in [0.15, 0.2) is 7.28 Å². The third-order valence-electron chi connectivity index (χ3n) is 4.90. The molecule has 0 bridgehead atoms. The second-order valence-electron chi connectivity index (χ2n) is 6.75. The van der Waals surface area contributed by atoms with Gasteiger partial charge in [-0.15, -0.1) is 0 Å². The van der Waals surface area contributed by atoms with Crippen molar-refractivity contribution >= 4 is 31.0 Å². The fraction of sp³-hybridized carbons (Fsp3) is 0.182. The summed E-state index contributed by atoms with van der Waals surface area (Å²) in [5, 5.41) is 2.64. The van der Waals surface area contributed by atoms with Gasteiger partial charge in [0.2, 0.25) is 0 Å². The maximum Gasteiger partial charge on any atom is 0.187 e. The lowest BCUT2D eigenvalue weighted by atomic mass is 9.63. The van der Waals surface area contributed by atoms with Gasteiger partial charge in [-0.25, -0.2) is 0 Å². The molecule has 2 aliphatic carbocycles. The van der Waals surface area contributed by atoms with Crippen LogP contribution in [0.15, 0.2) is 65.8 Å². The van der Waals surface area contributed by atoms with Gasteiger partial charge in [-0.2, -0.15) is 0 Å². The molecule has 0 saturated heterocycles. The number of benzene rings is 1. The third kappa shape index (κ3) is 3.10. The van der Waals surface area contributed by atoms with Crippen LogP contribution in [-0.2, 0) is 0 Å². The zero-order chi connectivity index (χ0) is 16.4. The molecule has 0 fully saturated rings. The average Bonchev–Trinajstić information content (AvgIpc) is 3.03. The molecule has 1 aromatic heterocycles. The molecule has 1 aromatic carbocycles. The van der Waals surface area contributed by atoms with Gasteiger partial charge in [0.1, 0.15) is 0 Å². The molecule has 2 heteroatoms. The van der Waals surface area contributed by atoms with Crippen molar-refractivity contribution in [3.05, 3.63) is 81.9 Å². The molecule has 0 amide bonds. The molecule has 0 aliphatic heterocycles. The zero-order valence-electron chi connectivity index (χ0n) is 14.0. The predicted octanol–water partition coefficient (Wildman–Crippen LogP) is 2.75. The quantitative estimate of drug-likeness (QED) is 0.839. The van der Waals surface area contributed by atoms with E-state index in [0.717, 1.165) is 32.1 Å². The highest BCUT2D eigenvalue weighted by atomic mass is 14.7. The van der Waals surface area contributed by atoms with Crippen LogP contribution < -0.4 is 16.0 Å². The van der Waals surface area contributed by atoms with E-state index < -0.39 is 0 Å². The van der Waals surface area contributed by atoms with E-state index in [0.29, 0.717) is 0 Å². The molecule has 0 atom stereocenters. The van der Waals surface area contributed by atoms with Crippen molar-refractivity contribution in [3.8, 4) is 0 Å². The Kier molecular flexibility index (Phi) is 4.12. The summed E-state index contributed by atoms with van der Waals surface area (Å²) in [5.41, 5.74) is 6.63. The molecular formula is C22H22BN. The number of hydrogen-bond acceptors (Lipinski definition) is 0. The van der Waals surface area contributed by atoms with Crippen molar-refractivity contribution in [2.45, 2.75) is 25.7 Å². The molecule has 0 spiro atoms. The smallest absolute Gasteiger partial charge is 0.187 e. The lowest BCUT2D eigenvalue weighted by molar-refractivity contribution is 0.923. The normalized spacial score (nSPS) is 18.4. The molecule has 118 valence electrons. The van der Waals surface area contributed by atoms with Gasteiger partial charge in [-0.3, -0.25) is 0 Å². The van der Waals surface area contributed by atoms with E-state index in [1.165, 1.54) is 39.1 Å². The van der Waals surface area contributed by atoms with Crippen LogP contribution >= 0.6 is 0 Å². The van der Waals surface area contributed by atoms with Crippen LogP contribution in [0.4, 0.5) is 0 Å². The van der Waals surface area contributed by atoms with Crippen molar-refractivity contribution in [2.75, 3.05) is 0 Å². The Hall–Kier alpha value is -2.48. The fourth-order valence-corrected chi connectivity index (χ4v) is 3.64. The lowest BCUT2D eigenvalue weighted by Crippen LogP contribution is -2.23. The van der Waals surface area contributed by atoms with Gasteiger partial charge in [-0.1, -0.05) is 66.1 Å². The number of nitrogens with one attached hydrogen (secondary N) is 1. The highest BCUT2D eigenvalue weighted by Gasteiger charge is 2.15. The molecule has 0 unspecified atom stereocenters. The molecule has 1 N–H and O–H groups in total. The second-order valence-corrected chi connectivity index (χ2v) is 6.75. The first-order valence-electron chi connectivity index (χ1n) is 8.80. The van der Waals surface area contributed by atoms with Crippen molar-refractivity contribution in [1.82, 2.24) is 4.98 Å². The van der Waals surface area contributed by atoms with Crippen molar-refractivity contribution < 1.29 is 0 Å². The van der Waals surface area contributed by atoms with E-state index in [1.54, 1.807) is 0 Å². The first-order valence-corrected chi connectivity index (χ1v) is 8.80. The number of H-pyrrole nitrogens is 1. The summed E-state index contributed by atoms with van der Waals surface area (Å²) in [6.45, 7) is 4.27. The van der Waals surface area contributed by atoms with E-state index in [-0.39, 0.29) is 0 Å². The Labute approximate surface area is 144 Å². The maximum absolute atomic E-state index is 4.27. The average molecular weight is 311 g/mol. The Morgan fingerprint density at radius 1 is 1.08 bits per heavy atom. The largest absolute Gasteiger partial charge is 0.361 e. The molecular weight excluding hydrogens is 289 g/mol. The summed E-state index contributed by atoms with van der Waals surface area (Å²) in [7, 11) is 1.02. The summed E-state index contributed by atoms with van der Waals surface area (Å²) < 4.78 is 0. The minimum absolute atomic E-state index is 1.01. The van der Waals surface area contributed by atoms with Crippen LogP contribution in [0.3, 0.4) is 0 Å². The molecule has 1 nitrogen and oxygen atoms in total. The number of aromatic nitrogens is 1. The molecule has 4 rings (SSSR count). The number of hydrogen-bond donors (Lipinski definition) is 1. The topological polar surface area (TPSA) is 15.8 Å². The van der Waals surface area contributed by atoms with Crippen LogP contribution in [0.2, 0.25) is 0 Å². The van der Waals surface area contributed by atoms with Crippen LogP contribution in [0.1, 0.15) is 31.2 Å². The summed E-state index contributed by atoms with van der Waals surface area (Å²) in [6.07, 6.45) is 16.0. The van der Waals surface area contributed by atoms with Crippen molar-refractivity contribution in [3.63, 3.8) is 0 Å². The first kappa shape index (κ1) is 15.1. The maximum atomic E-state index is 4.27. The third-order valence-corrected chi connectivity index (χ3v) is 4.90. The summed E-state index contributed by atoms with van der Waals surface area (Å²) in [5.74, 6) is 0. The van der Waals surface area contributed by atoms with Gasteiger partial charge < -0.3 is 4.98 Å². The van der Waals surface area contributed by atoms with Crippen LogP contribution in [0.5, 0.6) is 0 Å². The molecule has 0 saturated carbocycles. The van der Waals surface area contributed by atoms with Crippen molar-refractivity contribution in [1.29, 1.82) is 0 Å². The van der Waals surface area contributed by atoms with E-state index in [1.807, 2.05) is 0 Å². The molecule has 1 heterocycles. The van der Waals surface area contributed by atoms with Gasteiger partial charge in [-0.05, 0) is 48.5 Å². The molecule has 24 heavy (non-hydrogen) atoms. The Balaban J connectivity index is 1.59.